The molecule has 10 nitrogen and oxygen atoms in total. The number of hydrazine groups is 1. The molecule has 1 heterocycles. The number of hydrogen-bond acceptors (Lipinski definition) is 6. The summed E-state index contributed by atoms with van der Waals surface area (Å²) in [6.45, 7) is -0.542. The quantitative estimate of drug-likeness (QED) is 0.523. The smallest absolute Gasteiger partial charge is 0.338 e. The fourth-order valence-electron chi connectivity index (χ4n) is 4.05. The summed E-state index contributed by atoms with van der Waals surface area (Å²) < 4.78 is 5.09. The van der Waals surface area contributed by atoms with Gasteiger partial charge in [-0.1, -0.05) is 25.0 Å². The van der Waals surface area contributed by atoms with Crippen molar-refractivity contribution in [2.24, 2.45) is 0 Å². The predicted molar refractivity (Wildman–Crippen MR) is 126 cm³/mol. The van der Waals surface area contributed by atoms with Gasteiger partial charge in [0.2, 0.25) is 11.8 Å². The standard InChI is InChI=1S/C25H26N4O6/c30-21-13-14-23(32)29(28-21)18-11-9-16(10-12-18)25(34)35-15-22(31)27-20-8-4-3-7-19(20)24(33)26-17-5-1-2-6-17/h3-4,7-12,17H,1-2,5-6,13-15H2,(H,26,33)(H,27,31)(H,28,30). The number of carbonyl (C=O) groups excluding carboxylic acids is 5. The van der Waals surface area contributed by atoms with E-state index in [-0.39, 0.29) is 42.2 Å². The Balaban J connectivity index is 1.31. The van der Waals surface area contributed by atoms with E-state index >= 15 is 0 Å². The molecule has 0 spiro atoms. The lowest BCUT2D eigenvalue weighted by Crippen LogP contribution is -2.50. The van der Waals surface area contributed by atoms with Crippen molar-refractivity contribution >= 4 is 41.0 Å². The van der Waals surface area contributed by atoms with Gasteiger partial charge in [0.25, 0.3) is 11.8 Å². The van der Waals surface area contributed by atoms with Crippen LogP contribution in [0.1, 0.15) is 59.2 Å². The normalized spacial score (nSPS) is 15.9. The molecule has 0 bridgehead atoms. The summed E-state index contributed by atoms with van der Waals surface area (Å²) in [4.78, 5) is 60.9. The average Bonchev–Trinajstić information content (AvgIpc) is 3.37. The summed E-state index contributed by atoms with van der Waals surface area (Å²) in [5.41, 5.74) is 3.73. The number of rotatable bonds is 7. The highest BCUT2D eigenvalue weighted by atomic mass is 16.5. The number of esters is 1. The number of nitrogens with zero attached hydrogens (tertiary/aromatic N) is 1. The molecule has 0 atom stereocenters. The number of benzene rings is 2. The van der Waals surface area contributed by atoms with Gasteiger partial charge < -0.3 is 15.4 Å². The van der Waals surface area contributed by atoms with Crippen LogP contribution in [-0.2, 0) is 19.1 Å². The number of carbonyl (C=O) groups is 5. The van der Waals surface area contributed by atoms with Crippen molar-refractivity contribution in [2.75, 3.05) is 16.9 Å². The second kappa shape index (κ2) is 10.8. The fourth-order valence-corrected chi connectivity index (χ4v) is 4.05. The van der Waals surface area contributed by atoms with Crippen LogP contribution >= 0.6 is 0 Å². The van der Waals surface area contributed by atoms with E-state index in [2.05, 4.69) is 16.1 Å². The van der Waals surface area contributed by atoms with Crippen LogP contribution in [0, 0.1) is 0 Å². The first kappa shape index (κ1) is 23.9. The number of amides is 4. The highest BCUT2D eigenvalue weighted by molar-refractivity contribution is 6.05. The van der Waals surface area contributed by atoms with Crippen molar-refractivity contribution in [1.29, 1.82) is 0 Å². The van der Waals surface area contributed by atoms with Crippen LogP contribution in [0.4, 0.5) is 11.4 Å². The molecule has 2 aromatic rings. The SMILES string of the molecule is O=C(COC(=O)c1ccc(N2NC(=O)CCC2=O)cc1)Nc1ccccc1C(=O)NC1CCCC1. The first-order chi connectivity index (χ1) is 16.9. The van der Waals surface area contributed by atoms with E-state index in [1.807, 2.05) is 0 Å². The van der Waals surface area contributed by atoms with Gasteiger partial charge in [-0.05, 0) is 49.2 Å². The number of ether oxygens (including phenoxy) is 1. The minimum absolute atomic E-state index is 0.107. The van der Waals surface area contributed by atoms with Crippen molar-refractivity contribution in [1.82, 2.24) is 10.7 Å². The Morgan fingerprint density at radius 2 is 1.69 bits per heavy atom. The van der Waals surface area contributed by atoms with Crippen LogP contribution in [0.25, 0.3) is 0 Å². The first-order valence-electron chi connectivity index (χ1n) is 11.5. The van der Waals surface area contributed by atoms with Gasteiger partial charge in [-0.25, -0.2) is 9.80 Å². The molecule has 2 fully saturated rings. The van der Waals surface area contributed by atoms with E-state index in [0.29, 0.717) is 16.9 Å². The molecule has 1 aliphatic heterocycles. The molecule has 4 amide bonds. The minimum Gasteiger partial charge on any atom is -0.452 e. The molecule has 0 unspecified atom stereocenters. The molecule has 182 valence electrons. The highest BCUT2D eigenvalue weighted by Gasteiger charge is 2.25. The average molecular weight is 479 g/mol. The summed E-state index contributed by atoms with van der Waals surface area (Å²) in [6, 6.07) is 12.7. The van der Waals surface area contributed by atoms with Gasteiger partial charge in [0.1, 0.15) is 0 Å². The fraction of sp³-hybridized carbons (Fsp3) is 0.320. The number of hydrogen-bond donors (Lipinski definition) is 3. The van der Waals surface area contributed by atoms with E-state index in [4.69, 9.17) is 4.74 Å². The van der Waals surface area contributed by atoms with Gasteiger partial charge in [-0.15, -0.1) is 0 Å². The van der Waals surface area contributed by atoms with E-state index in [1.165, 1.54) is 24.3 Å². The molecule has 2 aliphatic rings. The van der Waals surface area contributed by atoms with Crippen molar-refractivity contribution in [3.63, 3.8) is 0 Å². The molecule has 3 N–H and O–H groups in total. The maximum atomic E-state index is 12.6. The van der Waals surface area contributed by atoms with Gasteiger partial charge in [-0.2, -0.15) is 0 Å². The molecule has 4 rings (SSSR count). The third-order valence-corrected chi connectivity index (χ3v) is 5.88. The Morgan fingerprint density at radius 3 is 2.43 bits per heavy atom. The van der Waals surface area contributed by atoms with Crippen molar-refractivity contribution in [2.45, 2.75) is 44.6 Å². The highest BCUT2D eigenvalue weighted by Crippen LogP contribution is 2.21. The topological polar surface area (TPSA) is 134 Å². The Hall–Kier alpha value is -4.21. The summed E-state index contributed by atoms with van der Waals surface area (Å²) in [5, 5.41) is 6.75. The van der Waals surface area contributed by atoms with Crippen molar-refractivity contribution in [3.05, 3.63) is 59.7 Å². The summed E-state index contributed by atoms with van der Waals surface area (Å²) in [6.07, 6.45) is 4.31. The van der Waals surface area contributed by atoms with Gasteiger partial charge in [-0.3, -0.25) is 24.6 Å². The van der Waals surface area contributed by atoms with E-state index < -0.39 is 18.5 Å². The Labute approximate surface area is 202 Å². The number of para-hydroxylation sites is 1. The molecular weight excluding hydrogens is 452 g/mol. The molecule has 35 heavy (non-hydrogen) atoms. The van der Waals surface area contributed by atoms with Crippen LogP contribution in [0.3, 0.4) is 0 Å². The maximum absolute atomic E-state index is 12.6. The van der Waals surface area contributed by atoms with E-state index in [9.17, 15) is 24.0 Å². The van der Waals surface area contributed by atoms with E-state index in [0.717, 1.165) is 30.7 Å². The molecule has 1 saturated carbocycles. The van der Waals surface area contributed by atoms with Gasteiger partial charge >= 0.3 is 5.97 Å². The molecule has 0 radical (unpaired) electrons. The van der Waals surface area contributed by atoms with Gasteiger partial charge in [0, 0.05) is 18.9 Å². The van der Waals surface area contributed by atoms with Crippen molar-refractivity contribution < 1.29 is 28.7 Å². The molecule has 10 heteroatoms. The third kappa shape index (κ3) is 6.03. The third-order valence-electron chi connectivity index (χ3n) is 5.88. The lowest BCUT2D eigenvalue weighted by molar-refractivity contribution is -0.130. The molecule has 0 aromatic heterocycles. The van der Waals surface area contributed by atoms with Gasteiger partial charge in [0.05, 0.1) is 22.5 Å². The predicted octanol–water partition coefficient (Wildman–Crippen LogP) is 2.31. The lowest BCUT2D eigenvalue weighted by atomic mass is 10.1. The molecule has 1 saturated heterocycles. The number of nitrogens with one attached hydrogen (secondary N) is 3. The van der Waals surface area contributed by atoms with Crippen molar-refractivity contribution in [3.8, 4) is 0 Å². The summed E-state index contributed by atoms with van der Waals surface area (Å²) in [5.74, 6) is -2.09. The zero-order chi connectivity index (χ0) is 24.8. The minimum atomic E-state index is -0.729. The zero-order valence-electron chi connectivity index (χ0n) is 19.0. The summed E-state index contributed by atoms with van der Waals surface area (Å²) >= 11 is 0. The molecular formula is C25H26N4O6. The molecule has 2 aromatic carbocycles. The van der Waals surface area contributed by atoms with Crippen LogP contribution in [-0.4, -0.2) is 42.2 Å². The Morgan fingerprint density at radius 1 is 0.971 bits per heavy atom. The Bertz CT molecular complexity index is 1140. The van der Waals surface area contributed by atoms with Gasteiger partial charge in [0.15, 0.2) is 6.61 Å². The monoisotopic (exact) mass is 478 g/mol. The lowest BCUT2D eigenvalue weighted by Gasteiger charge is -2.27. The van der Waals surface area contributed by atoms with Crippen LogP contribution in [0.2, 0.25) is 0 Å². The second-order valence-electron chi connectivity index (χ2n) is 8.44. The summed E-state index contributed by atoms with van der Waals surface area (Å²) in [7, 11) is 0. The largest absolute Gasteiger partial charge is 0.452 e. The van der Waals surface area contributed by atoms with Crippen LogP contribution < -0.4 is 21.1 Å². The van der Waals surface area contributed by atoms with Crippen LogP contribution in [0.5, 0.6) is 0 Å². The number of anilines is 2. The Kier molecular flexibility index (Phi) is 7.39. The zero-order valence-corrected chi connectivity index (χ0v) is 19.0. The molecule has 1 aliphatic carbocycles. The maximum Gasteiger partial charge on any atom is 0.338 e. The van der Waals surface area contributed by atoms with Crippen LogP contribution in [0.15, 0.2) is 48.5 Å². The van der Waals surface area contributed by atoms with E-state index in [1.54, 1.807) is 24.3 Å². The first-order valence-corrected chi connectivity index (χ1v) is 11.5. The second-order valence-corrected chi connectivity index (χ2v) is 8.44.